The van der Waals surface area contributed by atoms with Crippen LogP contribution in [0.5, 0.6) is 0 Å². The van der Waals surface area contributed by atoms with E-state index in [1.807, 2.05) is 14.1 Å². The van der Waals surface area contributed by atoms with E-state index in [0.29, 0.717) is 13.0 Å². The average molecular weight is 210 g/mol. The lowest BCUT2D eigenvalue weighted by Gasteiger charge is -2.00. The maximum absolute atomic E-state index is 11.0. The molecule has 0 saturated heterocycles. The van der Waals surface area contributed by atoms with Crippen LogP contribution in [0.3, 0.4) is 0 Å². The van der Waals surface area contributed by atoms with Crippen LogP contribution in [0, 0.1) is 0 Å². The number of hydrogen-bond donors (Lipinski definition) is 1. The monoisotopic (exact) mass is 210 g/mol. The predicted octanol–water partition coefficient (Wildman–Crippen LogP) is 1.02. The fraction of sp³-hybridized carbons (Fsp3) is 0.455. The third-order valence-corrected chi connectivity index (χ3v) is 1.40. The number of ether oxygens (including phenoxy) is 1. The molecule has 1 heterocycles. The second kappa shape index (κ2) is 9.15. The van der Waals surface area contributed by atoms with Crippen molar-refractivity contribution in [1.29, 1.82) is 0 Å². The molecule has 0 saturated carbocycles. The summed E-state index contributed by atoms with van der Waals surface area (Å²) in [5.74, 6) is -0.191. The number of aromatic nitrogens is 1. The Labute approximate surface area is 90.7 Å². The molecule has 0 atom stereocenters. The molecule has 1 N–H and O–H groups in total. The summed E-state index contributed by atoms with van der Waals surface area (Å²) in [6.07, 6.45) is 3.65. The molecule has 0 fully saturated rings. The van der Waals surface area contributed by atoms with Crippen LogP contribution in [-0.4, -0.2) is 31.7 Å². The van der Waals surface area contributed by atoms with Crippen molar-refractivity contribution in [2.45, 2.75) is 13.3 Å². The summed E-state index contributed by atoms with van der Waals surface area (Å²) in [6, 6.07) is 3.60. The highest BCUT2D eigenvalue weighted by Crippen LogP contribution is 1.98. The number of pyridine rings is 1. The van der Waals surface area contributed by atoms with E-state index < -0.39 is 0 Å². The zero-order chi connectivity index (χ0) is 11.5. The molecule has 0 bridgehead atoms. The SMILES string of the molecule is CCOC(=O)Cc1ccncc1.CNC. The topological polar surface area (TPSA) is 51.2 Å². The van der Waals surface area contributed by atoms with Gasteiger partial charge in [-0.2, -0.15) is 0 Å². The Kier molecular flexibility index (Phi) is 8.28. The van der Waals surface area contributed by atoms with Gasteiger partial charge in [-0.25, -0.2) is 0 Å². The number of carbonyl (C=O) groups is 1. The molecule has 0 aliphatic heterocycles. The quantitative estimate of drug-likeness (QED) is 0.757. The van der Waals surface area contributed by atoms with Gasteiger partial charge in [0.1, 0.15) is 0 Å². The first-order valence-electron chi connectivity index (χ1n) is 4.87. The molecule has 4 nitrogen and oxygen atoms in total. The fourth-order valence-corrected chi connectivity index (χ4v) is 0.879. The fourth-order valence-electron chi connectivity index (χ4n) is 0.879. The molecule has 15 heavy (non-hydrogen) atoms. The smallest absolute Gasteiger partial charge is 0.310 e. The lowest BCUT2D eigenvalue weighted by atomic mass is 10.2. The summed E-state index contributed by atoms with van der Waals surface area (Å²) in [5, 5.41) is 2.75. The minimum absolute atomic E-state index is 0.191. The molecule has 0 unspecified atom stereocenters. The van der Waals surface area contributed by atoms with Crippen molar-refractivity contribution in [3.8, 4) is 0 Å². The van der Waals surface area contributed by atoms with E-state index in [0.717, 1.165) is 5.56 Å². The average Bonchev–Trinajstić information content (AvgIpc) is 2.20. The van der Waals surface area contributed by atoms with Crippen LogP contribution in [0.15, 0.2) is 24.5 Å². The van der Waals surface area contributed by atoms with Gasteiger partial charge in [-0.1, -0.05) is 0 Å². The lowest BCUT2D eigenvalue weighted by molar-refractivity contribution is -0.142. The summed E-state index contributed by atoms with van der Waals surface area (Å²) >= 11 is 0. The van der Waals surface area contributed by atoms with Crippen molar-refractivity contribution >= 4 is 5.97 Å². The molecule has 0 spiro atoms. The zero-order valence-corrected chi connectivity index (χ0v) is 9.49. The standard InChI is InChI=1S/C9H11NO2.C2H7N/c1-2-12-9(11)7-8-3-5-10-6-4-8;1-3-2/h3-6H,2,7H2,1H3;3H,1-2H3. The molecular formula is C11H18N2O2. The van der Waals surface area contributed by atoms with E-state index in [4.69, 9.17) is 4.74 Å². The third-order valence-electron chi connectivity index (χ3n) is 1.40. The van der Waals surface area contributed by atoms with E-state index >= 15 is 0 Å². The first-order chi connectivity index (χ1) is 7.24. The van der Waals surface area contributed by atoms with Gasteiger partial charge in [0.15, 0.2) is 0 Å². The summed E-state index contributed by atoms with van der Waals surface area (Å²) in [6.45, 7) is 2.23. The Balaban J connectivity index is 0.000000583. The number of rotatable bonds is 3. The first kappa shape index (κ1) is 13.6. The normalized spacial score (nSPS) is 8.73. The van der Waals surface area contributed by atoms with Gasteiger partial charge in [-0.05, 0) is 38.7 Å². The van der Waals surface area contributed by atoms with Crippen LogP contribution in [0.4, 0.5) is 0 Å². The van der Waals surface area contributed by atoms with Gasteiger partial charge in [0.05, 0.1) is 13.0 Å². The van der Waals surface area contributed by atoms with E-state index in [1.165, 1.54) is 0 Å². The molecule has 84 valence electrons. The Bertz CT molecular complexity index is 263. The van der Waals surface area contributed by atoms with Gasteiger partial charge in [-0.15, -0.1) is 0 Å². The minimum atomic E-state index is -0.191. The van der Waals surface area contributed by atoms with Crippen LogP contribution in [-0.2, 0) is 16.0 Å². The van der Waals surface area contributed by atoms with Gasteiger partial charge >= 0.3 is 5.97 Å². The van der Waals surface area contributed by atoms with Gasteiger partial charge < -0.3 is 10.1 Å². The molecule has 1 aromatic heterocycles. The van der Waals surface area contributed by atoms with Crippen LogP contribution in [0.25, 0.3) is 0 Å². The highest BCUT2D eigenvalue weighted by Gasteiger charge is 2.01. The van der Waals surface area contributed by atoms with Crippen molar-refractivity contribution in [2.75, 3.05) is 20.7 Å². The summed E-state index contributed by atoms with van der Waals surface area (Å²) in [4.78, 5) is 14.8. The van der Waals surface area contributed by atoms with Crippen LogP contribution >= 0.6 is 0 Å². The number of nitrogens with zero attached hydrogens (tertiary/aromatic N) is 1. The molecule has 1 rings (SSSR count). The highest BCUT2D eigenvalue weighted by atomic mass is 16.5. The second-order valence-electron chi connectivity index (χ2n) is 2.84. The van der Waals surface area contributed by atoms with Crippen LogP contribution in [0.1, 0.15) is 12.5 Å². The van der Waals surface area contributed by atoms with Crippen molar-refractivity contribution in [1.82, 2.24) is 10.3 Å². The van der Waals surface area contributed by atoms with Crippen LogP contribution < -0.4 is 5.32 Å². The van der Waals surface area contributed by atoms with E-state index in [1.54, 1.807) is 31.5 Å². The van der Waals surface area contributed by atoms with E-state index in [2.05, 4.69) is 10.3 Å². The van der Waals surface area contributed by atoms with E-state index in [9.17, 15) is 4.79 Å². The minimum Gasteiger partial charge on any atom is -0.466 e. The molecule has 0 amide bonds. The number of hydrogen-bond acceptors (Lipinski definition) is 4. The third kappa shape index (κ3) is 7.64. The Hall–Kier alpha value is -1.42. The summed E-state index contributed by atoms with van der Waals surface area (Å²) in [5.41, 5.74) is 0.934. The number of carbonyl (C=O) groups excluding carboxylic acids is 1. The van der Waals surface area contributed by atoms with Crippen molar-refractivity contribution in [3.63, 3.8) is 0 Å². The van der Waals surface area contributed by atoms with Crippen molar-refractivity contribution in [2.24, 2.45) is 0 Å². The summed E-state index contributed by atoms with van der Waals surface area (Å²) < 4.78 is 4.79. The molecule has 0 aromatic carbocycles. The van der Waals surface area contributed by atoms with Gasteiger partial charge in [-0.3, -0.25) is 9.78 Å². The van der Waals surface area contributed by atoms with Gasteiger partial charge in [0, 0.05) is 12.4 Å². The largest absolute Gasteiger partial charge is 0.466 e. The molecule has 4 heteroatoms. The number of nitrogens with one attached hydrogen (secondary N) is 1. The van der Waals surface area contributed by atoms with Gasteiger partial charge in [0.25, 0.3) is 0 Å². The molecule has 0 radical (unpaired) electrons. The maximum atomic E-state index is 11.0. The molecular weight excluding hydrogens is 192 g/mol. The van der Waals surface area contributed by atoms with Crippen molar-refractivity contribution in [3.05, 3.63) is 30.1 Å². The Morgan fingerprint density at radius 1 is 1.40 bits per heavy atom. The van der Waals surface area contributed by atoms with Crippen LogP contribution in [0.2, 0.25) is 0 Å². The first-order valence-corrected chi connectivity index (χ1v) is 4.87. The van der Waals surface area contributed by atoms with Crippen molar-refractivity contribution < 1.29 is 9.53 Å². The van der Waals surface area contributed by atoms with E-state index in [-0.39, 0.29) is 5.97 Å². The number of esters is 1. The summed E-state index contributed by atoms with van der Waals surface area (Å²) in [7, 11) is 3.75. The predicted molar refractivity (Wildman–Crippen MR) is 59.6 cm³/mol. The highest BCUT2D eigenvalue weighted by molar-refractivity contribution is 5.72. The molecule has 0 aliphatic rings. The maximum Gasteiger partial charge on any atom is 0.310 e. The Morgan fingerprint density at radius 3 is 2.40 bits per heavy atom. The Morgan fingerprint density at radius 2 is 1.93 bits per heavy atom. The van der Waals surface area contributed by atoms with Gasteiger partial charge in [0.2, 0.25) is 0 Å². The molecule has 1 aromatic rings. The lowest BCUT2D eigenvalue weighted by Crippen LogP contribution is -2.07. The second-order valence-corrected chi connectivity index (χ2v) is 2.84. The zero-order valence-electron chi connectivity index (χ0n) is 9.49. The molecule has 0 aliphatic carbocycles.